The fraction of sp³-hybridized carbons (Fsp3) is 0.176. The molecule has 1 N–H and O–H groups in total. The van der Waals surface area contributed by atoms with Gasteiger partial charge in [-0.1, -0.05) is 30.3 Å². The summed E-state index contributed by atoms with van der Waals surface area (Å²) in [5.74, 6) is 0.828. The molecule has 1 aliphatic carbocycles. The maximum absolute atomic E-state index is 4.46. The molecular formula is C17H14N4S. The Morgan fingerprint density at radius 3 is 3.00 bits per heavy atom. The van der Waals surface area contributed by atoms with Crippen LogP contribution in [-0.4, -0.2) is 14.8 Å². The second kappa shape index (κ2) is 4.55. The monoisotopic (exact) mass is 306 g/mol. The Morgan fingerprint density at radius 2 is 2.09 bits per heavy atom. The number of allylic oxidation sites excluding steroid dienone is 1. The van der Waals surface area contributed by atoms with Crippen molar-refractivity contribution >= 4 is 23.0 Å². The maximum Gasteiger partial charge on any atom is 0.226 e. The van der Waals surface area contributed by atoms with E-state index in [2.05, 4.69) is 57.2 Å². The first-order valence-corrected chi connectivity index (χ1v) is 8.31. The minimum absolute atomic E-state index is 0.169. The second-order valence-electron chi connectivity index (χ2n) is 5.63. The summed E-state index contributed by atoms with van der Waals surface area (Å²) in [6.45, 7) is 0. The molecule has 0 fully saturated rings. The fourth-order valence-electron chi connectivity index (χ4n) is 3.50. The number of anilines is 1. The number of nitrogens with zero attached hydrogens (tertiary/aromatic N) is 3. The minimum atomic E-state index is 0.169. The molecule has 0 saturated carbocycles. The Balaban J connectivity index is 1.76. The van der Waals surface area contributed by atoms with Gasteiger partial charge in [0.05, 0.1) is 5.70 Å². The van der Waals surface area contributed by atoms with E-state index in [0.29, 0.717) is 0 Å². The molecule has 5 rings (SSSR count). The standard InChI is InChI=1S/C17H14N4S/c1-2-5-12-11(4-1)7-8-13-15(12)20-17-18-10-19-21(17)16(13)14-6-3-9-22-14/h1-6,9-10,16H,7-8H2,(H,18,19,20)/t16-/m1/s1. The fourth-order valence-corrected chi connectivity index (χ4v) is 4.34. The molecule has 0 bridgehead atoms. The average molecular weight is 306 g/mol. The largest absolute Gasteiger partial charge is 0.324 e. The Hall–Kier alpha value is -2.40. The number of aromatic nitrogens is 3. The first-order valence-electron chi connectivity index (χ1n) is 7.43. The Morgan fingerprint density at radius 1 is 1.14 bits per heavy atom. The van der Waals surface area contributed by atoms with Crippen molar-refractivity contribution in [2.24, 2.45) is 0 Å². The van der Waals surface area contributed by atoms with Crippen LogP contribution in [0.2, 0.25) is 0 Å². The number of thiophene rings is 1. The number of nitrogens with one attached hydrogen (secondary N) is 1. The topological polar surface area (TPSA) is 42.7 Å². The molecule has 108 valence electrons. The number of benzene rings is 1. The summed E-state index contributed by atoms with van der Waals surface area (Å²) in [6, 6.07) is 13.1. The summed E-state index contributed by atoms with van der Waals surface area (Å²) in [6.07, 6.45) is 3.77. The van der Waals surface area contributed by atoms with E-state index in [4.69, 9.17) is 0 Å². The number of aryl methyl sites for hydroxylation is 1. The Kier molecular flexibility index (Phi) is 2.52. The third-order valence-electron chi connectivity index (χ3n) is 4.47. The summed E-state index contributed by atoms with van der Waals surface area (Å²) in [5, 5.41) is 10.1. The van der Waals surface area contributed by atoms with E-state index in [1.807, 2.05) is 4.68 Å². The van der Waals surface area contributed by atoms with Gasteiger partial charge in [0.1, 0.15) is 12.4 Å². The van der Waals surface area contributed by atoms with Crippen LogP contribution < -0.4 is 5.32 Å². The van der Waals surface area contributed by atoms with Gasteiger partial charge in [-0.2, -0.15) is 10.1 Å². The third-order valence-corrected chi connectivity index (χ3v) is 5.39. The zero-order valence-corrected chi connectivity index (χ0v) is 12.7. The van der Waals surface area contributed by atoms with Crippen molar-refractivity contribution in [3.05, 3.63) is 69.7 Å². The van der Waals surface area contributed by atoms with E-state index < -0.39 is 0 Å². The van der Waals surface area contributed by atoms with E-state index in [-0.39, 0.29) is 6.04 Å². The smallest absolute Gasteiger partial charge is 0.226 e. The van der Waals surface area contributed by atoms with Crippen molar-refractivity contribution in [2.75, 3.05) is 5.32 Å². The molecule has 0 amide bonds. The van der Waals surface area contributed by atoms with Crippen molar-refractivity contribution in [3.63, 3.8) is 0 Å². The summed E-state index contributed by atoms with van der Waals surface area (Å²) in [5.41, 5.74) is 5.35. The third kappa shape index (κ3) is 1.63. The van der Waals surface area contributed by atoms with Crippen LogP contribution in [0, 0.1) is 0 Å². The molecule has 22 heavy (non-hydrogen) atoms. The number of fused-ring (bicyclic) bond motifs is 3. The highest BCUT2D eigenvalue weighted by Crippen LogP contribution is 2.44. The lowest BCUT2D eigenvalue weighted by Crippen LogP contribution is -2.27. The summed E-state index contributed by atoms with van der Waals surface area (Å²) >= 11 is 1.78. The van der Waals surface area contributed by atoms with Crippen molar-refractivity contribution in [1.82, 2.24) is 14.8 Å². The van der Waals surface area contributed by atoms with Crippen molar-refractivity contribution in [2.45, 2.75) is 18.9 Å². The summed E-state index contributed by atoms with van der Waals surface area (Å²) in [4.78, 5) is 5.71. The summed E-state index contributed by atoms with van der Waals surface area (Å²) in [7, 11) is 0. The highest BCUT2D eigenvalue weighted by atomic mass is 32.1. The van der Waals surface area contributed by atoms with Crippen molar-refractivity contribution in [3.8, 4) is 0 Å². The van der Waals surface area contributed by atoms with E-state index in [1.165, 1.54) is 27.3 Å². The minimum Gasteiger partial charge on any atom is -0.324 e. The van der Waals surface area contributed by atoms with Crippen LogP contribution in [-0.2, 0) is 6.42 Å². The molecular weight excluding hydrogens is 292 g/mol. The molecule has 1 aromatic carbocycles. The quantitative estimate of drug-likeness (QED) is 0.745. The molecule has 1 atom stereocenters. The van der Waals surface area contributed by atoms with E-state index in [0.717, 1.165) is 18.8 Å². The molecule has 4 nitrogen and oxygen atoms in total. The number of hydrogen-bond acceptors (Lipinski definition) is 4. The van der Waals surface area contributed by atoms with Crippen LogP contribution in [0.5, 0.6) is 0 Å². The van der Waals surface area contributed by atoms with E-state index in [9.17, 15) is 0 Å². The molecule has 2 aliphatic rings. The lowest BCUT2D eigenvalue weighted by Gasteiger charge is -2.33. The molecule has 0 spiro atoms. The van der Waals surface area contributed by atoms with Gasteiger partial charge in [-0.3, -0.25) is 0 Å². The number of rotatable bonds is 1. The predicted molar refractivity (Wildman–Crippen MR) is 87.8 cm³/mol. The lowest BCUT2D eigenvalue weighted by molar-refractivity contribution is 0.569. The van der Waals surface area contributed by atoms with E-state index in [1.54, 1.807) is 17.7 Å². The Labute approximate surface area is 132 Å². The summed E-state index contributed by atoms with van der Waals surface area (Å²) < 4.78 is 2.01. The van der Waals surface area contributed by atoms with Gasteiger partial charge in [0.25, 0.3) is 0 Å². The van der Waals surface area contributed by atoms with Gasteiger partial charge < -0.3 is 5.32 Å². The zero-order chi connectivity index (χ0) is 14.5. The van der Waals surface area contributed by atoms with Gasteiger partial charge in [-0.05, 0) is 35.4 Å². The highest BCUT2D eigenvalue weighted by Gasteiger charge is 2.33. The average Bonchev–Trinajstić information content (AvgIpc) is 3.24. The van der Waals surface area contributed by atoms with Crippen LogP contribution in [0.25, 0.3) is 5.70 Å². The number of hydrogen-bond donors (Lipinski definition) is 1. The van der Waals surface area contributed by atoms with Gasteiger partial charge in [0.15, 0.2) is 0 Å². The zero-order valence-electron chi connectivity index (χ0n) is 11.9. The molecule has 0 unspecified atom stereocenters. The van der Waals surface area contributed by atoms with Crippen molar-refractivity contribution in [1.29, 1.82) is 0 Å². The first-order chi connectivity index (χ1) is 10.9. The van der Waals surface area contributed by atoms with Gasteiger partial charge in [-0.15, -0.1) is 11.3 Å². The predicted octanol–water partition coefficient (Wildman–Crippen LogP) is 3.71. The van der Waals surface area contributed by atoms with Crippen LogP contribution in [0.3, 0.4) is 0 Å². The molecule has 0 saturated heterocycles. The second-order valence-corrected chi connectivity index (χ2v) is 6.61. The van der Waals surface area contributed by atoms with Gasteiger partial charge in [-0.25, -0.2) is 4.68 Å². The highest BCUT2D eigenvalue weighted by molar-refractivity contribution is 7.10. The van der Waals surface area contributed by atoms with Gasteiger partial charge in [0.2, 0.25) is 5.95 Å². The Bertz CT molecular complexity index is 876. The van der Waals surface area contributed by atoms with Crippen LogP contribution in [0.4, 0.5) is 5.95 Å². The molecule has 3 heterocycles. The van der Waals surface area contributed by atoms with Gasteiger partial charge >= 0.3 is 0 Å². The molecule has 5 heteroatoms. The lowest BCUT2D eigenvalue weighted by atomic mass is 9.84. The maximum atomic E-state index is 4.46. The molecule has 1 aliphatic heterocycles. The van der Waals surface area contributed by atoms with Crippen molar-refractivity contribution < 1.29 is 0 Å². The van der Waals surface area contributed by atoms with E-state index >= 15 is 0 Å². The van der Waals surface area contributed by atoms with Crippen LogP contribution >= 0.6 is 11.3 Å². The van der Waals surface area contributed by atoms with Gasteiger partial charge in [0, 0.05) is 10.4 Å². The molecule has 2 aromatic heterocycles. The normalized spacial score (nSPS) is 19.2. The first kappa shape index (κ1) is 12.2. The SMILES string of the molecule is c1csc([C@H]2C3=C(Nc4ncnn42)c2ccccc2CC3)c1. The van der Waals surface area contributed by atoms with Crippen LogP contribution in [0.1, 0.15) is 28.5 Å². The molecule has 3 aromatic rings. The van der Waals surface area contributed by atoms with Crippen LogP contribution in [0.15, 0.2) is 53.7 Å². The molecule has 0 radical (unpaired) electrons.